The van der Waals surface area contributed by atoms with Crippen molar-refractivity contribution in [3.05, 3.63) is 48.8 Å². The lowest BCUT2D eigenvalue weighted by Crippen LogP contribution is -2.08. The van der Waals surface area contributed by atoms with Crippen LogP contribution in [0.25, 0.3) is 33.5 Å². The number of aromatic amines is 1. The molecule has 0 radical (unpaired) electrons. The fourth-order valence-electron chi connectivity index (χ4n) is 2.90. The molecule has 26 heavy (non-hydrogen) atoms. The van der Waals surface area contributed by atoms with E-state index in [9.17, 15) is 5.11 Å². The van der Waals surface area contributed by atoms with Crippen molar-refractivity contribution >= 4 is 16.9 Å². The number of nitrogens with zero attached hydrogens (tertiary/aromatic N) is 2. The molecule has 3 heterocycles. The van der Waals surface area contributed by atoms with Crippen molar-refractivity contribution in [3.63, 3.8) is 0 Å². The van der Waals surface area contributed by atoms with Crippen molar-refractivity contribution < 1.29 is 14.4 Å². The van der Waals surface area contributed by atoms with Crippen molar-refractivity contribution in [1.82, 2.24) is 15.1 Å². The molecule has 0 unspecified atom stereocenters. The Hall–Kier alpha value is -3.32. The number of aromatic hydroxyl groups is 1. The molecule has 0 aliphatic rings. The van der Waals surface area contributed by atoms with Gasteiger partial charge in [0.1, 0.15) is 17.2 Å². The Labute approximate surface area is 149 Å². The number of pyridine rings is 1. The average Bonchev–Trinajstić information content (AvgIpc) is 3.33. The van der Waals surface area contributed by atoms with E-state index in [2.05, 4.69) is 20.4 Å². The van der Waals surface area contributed by atoms with Crippen LogP contribution in [0.5, 0.6) is 5.75 Å². The Balaban J connectivity index is 1.81. The van der Waals surface area contributed by atoms with Crippen molar-refractivity contribution in [2.24, 2.45) is 0 Å². The van der Waals surface area contributed by atoms with Gasteiger partial charge in [0.05, 0.1) is 18.4 Å². The molecule has 7 heteroatoms. The largest absolute Gasteiger partial charge is 0.507 e. The standard InChI is InChI=1S/C19H18N4O3/c1-25-9-8-20-18-11-14(13-4-6-21-19(13)23-18)12-2-3-16(24)15(10-12)17-5-7-22-26-17/h2-7,10-11,24H,8-9H2,1H3,(H2,20,21,23). The van der Waals surface area contributed by atoms with Crippen LogP contribution in [0.4, 0.5) is 5.82 Å². The molecule has 0 aliphatic carbocycles. The minimum atomic E-state index is 0.142. The van der Waals surface area contributed by atoms with Gasteiger partial charge in [0.25, 0.3) is 0 Å². The number of ether oxygens (including phenoxy) is 1. The van der Waals surface area contributed by atoms with Gasteiger partial charge in [-0.1, -0.05) is 11.2 Å². The molecule has 132 valence electrons. The molecule has 0 atom stereocenters. The second-order valence-corrected chi connectivity index (χ2v) is 5.82. The van der Waals surface area contributed by atoms with Crippen molar-refractivity contribution in [2.75, 3.05) is 25.6 Å². The van der Waals surface area contributed by atoms with Gasteiger partial charge in [0.15, 0.2) is 5.76 Å². The highest BCUT2D eigenvalue weighted by Gasteiger charge is 2.13. The maximum atomic E-state index is 10.2. The smallest absolute Gasteiger partial charge is 0.170 e. The van der Waals surface area contributed by atoms with Crippen LogP contribution >= 0.6 is 0 Å². The molecule has 0 spiro atoms. The predicted octanol–water partition coefficient (Wildman–Crippen LogP) is 3.65. The van der Waals surface area contributed by atoms with Gasteiger partial charge in [-0.25, -0.2) is 4.98 Å². The van der Waals surface area contributed by atoms with Crippen LogP contribution in [-0.2, 0) is 4.74 Å². The van der Waals surface area contributed by atoms with Crippen molar-refractivity contribution in [3.8, 4) is 28.2 Å². The quantitative estimate of drug-likeness (QED) is 0.459. The molecule has 3 aromatic heterocycles. The van der Waals surface area contributed by atoms with Gasteiger partial charge in [-0.05, 0) is 35.4 Å². The number of methoxy groups -OCH3 is 1. The van der Waals surface area contributed by atoms with Crippen molar-refractivity contribution in [1.29, 1.82) is 0 Å². The number of hydrogen-bond acceptors (Lipinski definition) is 6. The normalized spacial score (nSPS) is 11.1. The summed E-state index contributed by atoms with van der Waals surface area (Å²) in [7, 11) is 1.66. The number of H-pyrrole nitrogens is 1. The SMILES string of the molecule is COCCNc1cc(-c2ccc(O)c(-c3ccno3)c2)c2cc[nH]c2n1. The number of fused-ring (bicyclic) bond motifs is 1. The first-order chi connectivity index (χ1) is 12.8. The van der Waals surface area contributed by atoms with Gasteiger partial charge in [0.2, 0.25) is 0 Å². The third kappa shape index (κ3) is 3.00. The van der Waals surface area contributed by atoms with Crippen LogP contribution in [0.15, 0.2) is 53.3 Å². The molecular formula is C19H18N4O3. The Morgan fingerprint density at radius 1 is 1.19 bits per heavy atom. The lowest BCUT2D eigenvalue weighted by molar-refractivity contribution is 0.210. The lowest BCUT2D eigenvalue weighted by Gasteiger charge is -2.11. The maximum absolute atomic E-state index is 10.2. The van der Waals surface area contributed by atoms with E-state index in [4.69, 9.17) is 9.26 Å². The van der Waals surface area contributed by atoms with E-state index in [0.717, 1.165) is 28.0 Å². The third-order valence-electron chi connectivity index (χ3n) is 4.15. The van der Waals surface area contributed by atoms with Gasteiger partial charge >= 0.3 is 0 Å². The second kappa shape index (κ2) is 6.89. The Kier molecular flexibility index (Phi) is 4.28. The average molecular weight is 350 g/mol. The topological polar surface area (TPSA) is 96.2 Å². The highest BCUT2D eigenvalue weighted by molar-refractivity contribution is 5.95. The molecule has 7 nitrogen and oxygen atoms in total. The first-order valence-corrected chi connectivity index (χ1v) is 8.21. The number of aromatic nitrogens is 3. The zero-order valence-corrected chi connectivity index (χ0v) is 14.2. The van der Waals surface area contributed by atoms with E-state index in [0.29, 0.717) is 24.5 Å². The van der Waals surface area contributed by atoms with E-state index in [1.165, 1.54) is 0 Å². The summed E-state index contributed by atoms with van der Waals surface area (Å²) < 4.78 is 10.3. The number of rotatable bonds is 6. The number of nitrogens with one attached hydrogen (secondary N) is 2. The van der Waals surface area contributed by atoms with E-state index >= 15 is 0 Å². The van der Waals surface area contributed by atoms with Crippen LogP contribution in [0.3, 0.4) is 0 Å². The summed E-state index contributed by atoms with van der Waals surface area (Å²) >= 11 is 0. The summed E-state index contributed by atoms with van der Waals surface area (Å²) in [4.78, 5) is 7.74. The maximum Gasteiger partial charge on any atom is 0.170 e. The minimum Gasteiger partial charge on any atom is -0.507 e. The third-order valence-corrected chi connectivity index (χ3v) is 4.15. The predicted molar refractivity (Wildman–Crippen MR) is 99.1 cm³/mol. The first-order valence-electron chi connectivity index (χ1n) is 8.21. The second-order valence-electron chi connectivity index (χ2n) is 5.82. The fourth-order valence-corrected chi connectivity index (χ4v) is 2.90. The summed E-state index contributed by atoms with van der Waals surface area (Å²) in [6.07, 6.45) is 3.41. The summed E-state index contributed by atoms with van der Waals surface area (Å²) in [6, 6.07) is 11.1. The molecule has 0 fully saturated rings. The molecule has 3 N–H and O–H groups in total. The van der Waals surface area contributed by atoms with Crippen LogP contribution in [0.2, 0.25) is 0 Å². The van der Waals surface area contributed by atoms with Gasteiger partial charge in [-0.2, -0.15) is 0 Å². The number of anilines is 1. The van der Waals surface area contributed by atoms with Crippen LogP contribution in [0.1, 0.15) is 0 Å². The molecule has 4 aromatic rings. The molecule has 0 amide bonds. The number of phenols is 1. The number of phenolic OH excluding ortho intramolecular Hbond substituents is 1. The monoisotopic (exact) mass is 350 g/mol. The minimum absolute atomic E-state index is 0.142. The van der Waals surface area contributed by atoms with Crippen LogP contribution < -0.4 is 5.32 Å². The summed E-state index contributed by atoms with van der Waals surface area (Å²) in [6.45, 7) is 1.25. The zero-order chi connectivity index (χ0) is 17.9. The zero-order valence-electron chi connectivity index (χ0n) is 14.2. The number of benzene rings is 1. The fraction of sp³-hybridized carbons (Fsp3) is 0.158. The number of hydrogen-bond donors (Lipinski definition) is 3. The van der Waals surface area contributed by atoms with Gasteiger partial charge in [0, 0.05) is 31.3 Å². The Morgan fingerprint density at radius 2 is 2.12 bits per heavy atom. The summed E-state index contributed by atoms with van der Waals surface area (Å²) in [5.74, 6) is 1.41. The Bertz CT molecular complexity index is 1020. The lowest BCUT2D eigenvalue weighted by atomic mass is 9.99. The van der Waals surface area contributed by atoms with Crippen LogP contribution in [-0.4, -0.2) is 40.5 Å². The molecule has 4 rings (SSSR count). The first kappa shape index (κ1) is 16.2. The molecule has 0 saturated carbocycles. The van der Waals surface area contributed by atoms with Gasteiger partial charge in [-0.3, -0.25) is 0 Å². The highest BCUT2D eigenvalue weighted by Crippen LogP contribution is 2.36. The van der Waals surface area contributed by atoms with E-state index in [-0.39, 0.29) is 5.75 Å². The summed E-state index contributed by atoms with van der Waals surface area (Å²) in [5, 5.41) is 18.2. The molecule has 0 saturated heterocycles. The molecule has 1 aromatic carbocycles. The highest BCUT2D eigenvalue weighted by atomic mass is 16.5. The van der Waals surface area contributed by atoms with E-state index in [1.54, 1.807) is 25.4 Å². The Morgan fingerprint density at radius 3 is 2.92 bits per heavy atom. The van der Waals surface area contributed by atoms with Crippen molar-refractivity contribution in [2.45, 2.75) is 0 Å². The van der Waals surface area contributed by atoms with E-state index in [1.807, 2.05) is 30.5 Å². The molecule has 0 aliphatic heterocycles. The van der Waals surface area contributed by atoms with E-state index < -0.39 is 0 Å². The van der Waals surface area contributed by atoms with Gasteiger partial charge in [-0.15, -0.1) is 0 Å². The van der Waals surface area contributed by atoms with Gasteiger partial charge < -0.3 is 24.7 Å². The summed E-state index contributed by atoms with van der Waals surface area (Å²) in [5.41, 5.74) is 3.32. The molecular weight excluding hydrogens is 332 g/mol. The molecule has 0 bridgehead atoms. The van der Waals surface area contributed by atoms with Crippen LogP contribution in [0, 0.1) is 0 Å².